The summed E-state index contributed by atoms with van der Waals surface area (Å²) >= 11 is 3.46. The van der Waals surface area contributed by atoms with E-state index in [4.69, 9.17) is 10.5 Å². The number of nitrogens with zero attached hydrogens (tertiary/aromatic N) is 2. The largest absolute Gasteiger partial charge is 0.374 e. The van der Waals surface area contributed by atoms with Crippen LogP contribution in [0.25, 0.3) is 0 Å². The molecule has 92 valence electrons. The number of halogens is 1. The van der Waals surface area contributed by atoms with Gasteiger partial charge in [-0.3, -0.25) is 4.68 Å². The van der Waals surface area contributed by atoms with E-state index in [0.29, 0.717) is 6.61 Å². The second-order valence-corrected chi connectivity index (χ2v) is 5.58. The van der Waals surface area contributed by atoms with Gasteiger partial charge in [-0.25, -0.2) is 0 Å². The molecule has 1 atom stereocenters. The molecule has 0 aliphatic rings. The molecule has 0 bridgehead atoms. The Balaban J connectivity index is 2.72. The smallest absolute Gasteiger partial charge is 0.0716 e. The minimum absolute atomic E-state index is 0.156. The van der Waals surface area contributed by atoms with Crippen LogP contribution in [0.4, 0.5) is 0 Å². The highest BCUT2D eigenvalue weighted by molar-refractivity contribution is 9.10. The minimum Gasteiger partial charge on any atom is -0.374 e. The maximum atomic E-state index is 6.11. The van der Waals surface area contributed by atoms with Gasteiger partial charge in [0.25, 0.3) is 0 Å². The molecule has 0 amide bonds. The highest BCUT2D eigenvalue weighted by Gasteiger charge is 2.19. The molecule has 0 aliphatic carbocycles. The molecule has 0 spiro atoms. The Labute approximate surface area is 105 Å². The van der Waals surface area contributed by atoms with Crippen LogP contribution >= 0.6 is 15.9 Å². The minimum atomic E-state index is -0.166. The van der Waals surface area contributed by atoms with E-state index in [-0.39, 0.29) is 11.6 Å². The third-order valence-corrected chi connectivity index (χ3v) is 2.79. The lowest BCUT2D eigenvalue weighted by molar-refractivity contribution is -0.0111. The van der Waals surface area contributed by atoms with Gasteiger partial charge < -0.3 is 10.5 Å². The van der Waals surface area contributed by atoms with Gasteiger partial charge in [0.15, 0.2) is 0 Å². The van der Waals surface area contributed by atoms with Crippen LogP contribution < -0.4 is 5.73 Å². The van der Waals surface area contributed by atoms with Gasteiger partial charge in [0.2, 0.25) is 0 Å². The zero-order valence-electron chi connectivity index (χ0n) is 10.3. The van der Waals surface area contributed by atoms with E-state index >= 15 is 0 Å². The van der Waals surface area contributed by atoms with Crippen LogP contribution in [0, 0.1) is 0 Å². The number of ether oxygens (including phenoxy) is 1. The van der Waals surface area contributed by atoms with E-state index in [1.54, 1.807) is 6.20 Å². The Morgan fingerprint density at radius 2 is 2.19 bits per heavy atom. The third kappa shape index (κ3) is 3.57. The van der Waals surface area contributed by atoms with Crippen molar-refractivity contribution in [1.29, 1.82) is 0 Å². The fourth-order valence-electron chi connectivity index (χ4n) is 1.41. The zero-order valence-corrected chi connectivity index (χ0v) is 11.9. The molecule has 5 heteroatoms. The Bertz CT molecular complexity index is 343. The van der Waals surface area contributed by atoms with Crippen LogP contribution in [-0.4, -0.2) is 22.0 Å². The van der Waals surface area contributed by atoms with E-state index in [2.05, 4.69) is 21.0 Å². The molecule has 1 rings (SSSR count). The van der Waals surface area contributed by atoms with E-state index in [1.807, 2.05) is 32.4 Å². The van der Waals surface area contributed by atoms with Crippen molar-refractivity contribution >= 4 is 15.9 Å². The Kier molecular flexibility index (Phi) is 4.52. The zero-order chi connectivity index (χ0) is 12.3. The first-order chi connectivity index (χ1) is 7.35. The van der Waals surface area contributed by atoms with Crippen LogP contribution in [0.2, 0.25) is 0 Å². The van der Waals surface area contributed by atoms with Crippen molar-refractivity contribution in [3.8, 4) is 0 Å². The number of aryl methyl sites for hydroxylation is 1. The van der Waals surface area contributed by atoms with Gasteiger partial charge in [0, 0.05) is 6.54 Å². The molecule has 1 heterocycles. The van der Waals surface area contributed by atoms with Gasteiger partial charge in [0.05, 0.1) is 34.6 Å². The molecule has 4 nitrogen and oxygen atoms in total. The summed E-state index contributed by atoms with van der Waals surface area (Å²) in [4.78, 5) is 0. The Hall–Kier alpha value is -0.390. The summed E-state index contributed by atoms with van der Waals surface area (Å²) in [5.74, 6) is 0. The molecule has 16 heavy (non-hydrogen) atoms. The van der Waals surface area contributed by atoms with Crippen molar-refractivity contribution < 1.29 is 4.74 Å². The average Bonchev–Trinajstić information content (AvgIpc) is 2.55. The Morgan fingerprint density at radius 3 is 2.69 bits per heavy atom. The predicted octanol–water partition coefficient (Wildman–Crippen LogP) is 2.48. The summed E-state index contributed by atoms with van der Waals surface area (Å²) < 4.78 is 8.52. The predicted molar refractivity (Wildman–Crippen MR) is 68.2 cm³/mol. The summed E-state index contributed by atoms with van der Waals surface area (Å²) in [5, 5.41) is 4.23. The maximum Gasteiger partial charge on any atom is 0.0716 e. The number of rotatable bonds is 4. The third-order valence-electron chi connectivity index (χ3n) is 2.18. The van der Waals surface area contributed by atoms with E-state index < -0.39 is 0 Å². The number of hydrogen-bond acceptors (Lipinski definition) is 3. The van der Waals surface area contributed by atoms with Crippen molar-refractivity contribution in [2.75, 3.05) is 6.61 Å². The molecule has 1 aromatic heterocycles. The van der Waals surface area contributed by atoms with Crippen LogP contribution in [0.1, 0.15) is 39.4 Å². The van der Waals surface area contributed by atoms with Crippen LogP contribution in [0.15, 0.2) is 10.7 Å². The highest BCUT2D eigenvalue weighted by atomic mass is 79.9. The normalized spacial score (nSPS) is 14.1. The van der Waals surface area contributed by atoms with Gasteiger partial charge in [-0.2, -0.15) is 5.10 Å². The molecule has 0 saturated heterocycles. The van der Waals surface area contributed by atoms with Crippen LogP contribution in [0.3, 0.4) is 0 Å². The summed E-state index contributed by atoms with van der Waals surface area (Å²) in [6, 6.07) is -0.156. The van der Waals surface area contributed by atoms with Gasteiger partial charge in [-0.1, -0.05) is 0 Å². The van der Waals surface area contributed by atoms with E-state index in [0.717, 1.165) is 16.7 Å². The lowest BCUT2D eigenvalue weighted by Crippen LogP contribution is -2.28. The van der Waals surface area contributed by atoms with Gasteiger partial charge in [-0.15, -0.1) is 0 Å². The molecule has 1 unspecified atom stereocenters. The van der Waals surface area contributed by atoms with Gasteiger partial charge >= 0.3 is 0 Å². The van der Waals surface area contributed by atoms with Crippen molar-refractivity contribution in [2.24, 2.45) is 5.73 Å². The first-order valence-electron chi connectivity index (χ1n) is 5.46. The summed E-state index contributed by atoms with van der Waals surface area (Å²) in [7, 11) is 0. The molecule has 0 aliphatic heterocycles. The Morgan fingerprint density at radius 1 is 1.56 bits per heavy atom. The summed E-state index contributed by atoms with van der Waals surface area (Å²) in [6.45, 7) is 9.40. The van der Waals surface area contributed by atoms with Crippen LogP contribution in [-0.2, 0) is 11.3 Å². The van der Waals surface area contributed by atoms with Crippen LogP contribution in [0.5, 0.6) is 0 Å². The standard InChI is InChI=1S/C11H20BrN3O/c1-5-15-10(8(12)6-14-15)9(13)7-16-11(2,3)4/h6,9H,5,7,13H2,1-4H3. The lowest BCUT2D eigenvalue weighted by atomic mass is 10.2. The molecule has 0 saturated carbocycles. The molecule has 1 aromatic rings. The summed E-state index contributed by atoms with van der Waals surface area (Å²) in [5.41, 5.74) is 6.93. The monoisotopic (exact) mass is 289 g/mol. The summed E-state index contributed by atoms with van der Waals surface area (Å²) in [6.07, 6.45) is 1.77. The topological polar surface area (TPSA) is 53.1 Å². The van der Waals surface area contributed by atoms with Crippen molar-refractivity contribution in [3.05, 3.63) is 16.4 Å². The maximum absolute atomic E-state index is 6.11. The van der Waals surface area contributed by atoms with Crippen molar-refractivity contribution in [1.82, 2.24) is 9.78 Å². The molecule has 0 radical (unpaired) electrons. The first-order valence-corrected chi connectivity index (χ1v) is 6.25. The quantitative estimate of drug-likeness (QED) is 0.927. The fourth-order valence-corrected chi connectivity index (χ4v) is 2.00. The highest BCUT2D eigenvalue weighted by Crippen LogP contribution is 2.23. The van der Waals surface area contributed by atoms with Crippen molar-refractivity contribution in [3.63, 3.8) is 0 Å². The molecule has 0 fully saturated rings. The molecule has 2 N–H and O–H groups in total. The molecular formula is C11H20BrN3O. The molecule has 0 aromatic carbocycles. The number of aromatic nitrogens is 2. The number of nitrogens with two attached hydrogens (primary N) is 1. The first kappa shape index (κ1) is 13.7. The second-order valence-electron chi connectivity index (χ2n) is 4.72. The van der Waals surface area contributed by atoms with E-state index in [1.165, 1.54) is 0 Å². The van der Waals surface area contributed by atoms with Gasteiger partial charge in [-0.05, 0) is 43.6 Å². The molecular weight excluding hydrogens is 270 g/mol. The number of hydrogen-bond donors (Lipinski definition) is 1. The lowest BCUT2D eigenvalue weighted by Gasteiger charge is -2.23. The van der Waals surface area contributed by atoms with Crippen molar-refractivity contribution in [2.45, 2.75) is 45.9 Å². The van der Waals surface area contributed by atoms with Gasteiger partial charge in [0.1, 0.15) is 0 Å². The average molecular weight is 290 g/mol. The second kappa shape index (κ2) is 5.29. The SMILES string of the molecule is CCn1ncc(Br)c1C(N)COC(C)(C)C. The fraction of sp³-hybridized carbons (Fsp3) is 0.727. The van der Waals surface area contributed by atoms with E-state index in [9.17, 15) is 0 Å².